The number of anilines is 1. The minimum absolute atomic E-state index is 0.179. The van der Waals surface area contributed by atoms with Gasteiger partial charge in [0.15, 0.2) is 0 Å². The maximum absolute atomic E-state index is 12.5. The molecule has 0 spiro atoms. The van der Waals surface area contributed by atoms with Crippen LogP contribution in [-0.2, 0) is 19.5 Å². The first-order valence-corrected chi connectivity index (χ1v) is 12.5. The molecule has 6 nitrogen and oxygen atoms in total. The first-order chi connectivity index (χ1) is 14.7. The van der Waals surface area contributed by atoms with Gasteiger partial charge in [-0.15, -0.1) is 0 Å². The van der Waals surface area contributed by atoms with Crippen molar-refractivity contribution in [2.45, 2.75) is 31.1 Å². The predicted molar refractivity (Wildman–Crippen MR) is 118 cm³/mol. The van der Waals surface area contributed by atoms with Gasteiger partial charge >= 0.3 is 182 Å². The van der Waals surface area contributed by atoms with Crippen LogP contribution in [0, 0.1) is 0 Å². The fraction of sp³-hybridized carbons (Fsp3) is 0.217. The Morgan fingerprint density at radius 3 is 2.60 bits per heavy atom. The van der Waals surface area contributed by atoms with Crippen molar-refractivity contribution in [3.05, 3.63) is 89.5 Å². The minimum atomic E-state index is -0.668. The molecule has 0 radical (unpaired) electrons. The van der Waals surface area contributed by atoms with Gasteiger partial charge in [-0.1, -0.05) is 0 Å². The normalized spacial score (nSPS) is 12.9. The molecule has 2 heterocycles. The number of hydrogen-bond acceptors (Lipinski definition) is 4. The van der Waals surface area contributed by atoms with E-state index in [1.54, 1.807) is 23.2 Å². The standard InChI is InChI=1S/C23H23AsN4O2/c29-22(24-12-4-7-17-5-2-1-3-6-17)18-8-10-20(11-9-18)27-23(30)28-14-19-13-25-16-26-21(19)15-28/h1-3,5-6,8-11,13,16,24H,4,7,12,14-15H2,(H,27,30). The number of aromatic nitrogens is 2. The number of nitrogens with one attached hydrogen (secondary N) is 1. The molecular weight excluding hydrogens is 439 g/mol. The molecule has 1 atom stereocenters. The predicted octanol–water partition coefficient (Wildman–Crippen LogP) is 3.65. The van der Waals surface area contributed by atoms with Crippen LogP contribution < -0.4 is 5.32 Å². The Hall–Kier alpha value is -2.98. The number of carbonyl (C=O) groups excluding carboxylic acids is 2. The number of hydrogen-bond donors (Lipinski definition) is 1. The van der Waals surface area contributed by atoms with Crippen LogP contribution in [0.4, 0.5) is 10.5 Å². The van der Waals surface area contributed by atoms with Gasteiger partial charge in [-0.2, -0.15) is 0 Å². The van der Waals surface area contributed by atoms with Crippen LogP contribution in [0.2, 0.25) is 5.21 Å². The third kappa shape index (κ3) is 5.13. The van der Waals surface area contributed by atoms with Crippen molar-refractivity contribution in [1.82, 2.24) is 14.9 Å². The molecule has 0 aliphatic carbocycles. The Morgan fingerprint density at radius 1 is 1.03 bits per heavy atom. The monoisotopic (exact) mass is 462 g/mol. The fourth-order valence-corrected chi connectivity index (χ4v) is 5.39. The molecule has 2 amide bonds. The van der Waals surface area contributed by atoms with Crippen LogP contribution in [0.25, 0.3) is 0 Å². The molecule has 0 fully saturated rings. The van der Waals surface area contributed by atoms with Gasteiger partial charge in [0, 0.05) is 0 Å². The molecular formula is C23H23AsN4O2. The van der Waals surface area contributed by atoms with Gasteiger partial charge in [0.05, 0.1) is 0 Å². The van der Waals surface area contributed by atoms with E-state index >= 15 is 0 Å². The first-order valence-electron chi connectivity index (χ1n) is 9.95. The molecule has 7 heteroatoms. The van der Waals surface area contributed by atoms with Gasteiger partial charge in [0.1, 0.15) is 0 Å². The zero-order valence-electron chi connectivity index (χ0n) is 16.5. The number of benzene rings is 2. The average molecular weight is 462 g/mol. The number of carbonyl (C=O) groups is 2. The van der Waals surface area contributed by atoms with Gasteiger partial charge in [-0.3, -0.25) is 0 Å². The van der Waals surface area contributed by atoms with E-state index in [0.29, 0.717) is 18.8 Å². The maximum atomic E-state index is 12.5. The Balaban J connectivity index is 1.23. The second-order valence-corrected chi connectivity index (χ2v) is 9.95. The number of fused-ring (bicyclic) bond motifs is 1. The van der Waals surface area contributed by atoms with Crippen LogP contribution in [-0.4, -0.2) is 41.2 Å². The summed E-state index contributed by atoms with van der Waals surface area (Å²) in [5, 5.41) is 3.88. The molecule has 1 unspecified atom stereocenters. The summed E-state index contributed by atoms with van der Waals surface area (Å²) in [5.74, 6) is 0. The summed E-state index contributed by atoms with van der Waals surface area (Å²) >= 11 is -0.668. The molecule has 1 N–H and O–H groups in total. The van der Waals surface area contributed by atoms with Crippen molar-refractivity contribution >= 4 is 32.0 Å². The van der Waals surface area contributed by atoms with Crippen molar-refractivity contribution in [1.29, 1.82) is 0 Å². The zero-order chi connectivity index (χ0) is 20.8. The van der Waals surface area contributed by atoms with E-state index in [1.807, 2.05) is 30.3 Å². The van der Waals surface area contributed by atoms with E-state index in [9.17, 15) is 9.59 Å². The van der Waals surface area contributed by atoms with E-state index in [0.717, 1.165) is 34.9 Å². The number of urea groups is 1. The van der Waals surface area contributed by atoms with Gasteiger partial charge in [0.2, 0.25) is 0 Å². The van der Waals surface area contributed by atoms with Crippen LogP contribution in [0.1, 0.15) is 33.6 Å². The van der Waals surface area contributed by atoms with Crippen LogP contribution >= 0.6 is 0 Å². The molecule has 30 heavy (non-hydrogen) atoms. The van der Waals surface area contributed by atoms with Crippen LogP contribution in [0.15, 0.2) is 67.1 Å². The summed E-state index contributed by atoms with van der Waals surface area (Å²) in [7, 11) is 0. The Bertz CT molecular complexity index is 1000. The summed E-state index contributed by atoms with van der Waals surface area (Å²) < 4.78 is 0.259. The quantitative estimate of drug-likeness (QED) is 0.430. The van der Waals surface area contributed by atoms with E-state index < -0.39 is 15.8 Å². The van der Waals surface area contributed by atoms with Crippen LogP contribution in [0.3, 0.4) is 0 Å². The van der Waals surface area contributed by atoms with Crippen molar-refractivity contribution in [3.8, 4) is 0 Å². The summed E-state index contributed by atoms with van der Waals surface area (Å²) in [6.45, 7) is 0.987. The summed E-state index contributed by atoms with van der Waals surface area (Å²) in [6.07, 6.45) is 5.32. The van der Waals surface area contributed by atoms with Crippen LogP contribution in [0.5, 0.6) is 0 Å². The molecule has 1 aliphatic rings. The van der Waals surface area contributed by atoms with Gasteiger partial charge < -0.3 is 0 Å². The molecule has 0 saturated heterocycles. The number of rotatable bonds is 7. The topological polar surface area (TPSA) is 75.2 Å². The Labute approximate surface area is 182 Å². The molecule has 0 saturated carbocycles. The van der Waals surface area contributed by atoms with Gasteiger partial charge in [0.25, 0.3) is 0 Å². The molecule has 152 valence electrons. The Kier molecular flexibility index (Phi) is 6.55. The van der Waals surface area contributed by atoms with E-state index in [1.165, 1.54) is 11.9 Å². The van der Waals surface area contributed by atoms with Crippen molar-refractivity contribution in [3.63, 3.8) is 0 Å². The summed E-state index contributed by atoms with van der Waals surface area (Å²) in [5.41, 5.74) is 4.60. The SMILES string of the molecule is O=C([AsH]CCCc1ccccc1)c1ccc(NC(=O)N2Cc3cncnc3C2)cc1. The second kappa shape index (κ2) is 9.68. The molecule has 2 aromatic carbocycles. The molecule has 4 rings (SSSR count). The summed E-state index contributed by atoms with van der Waals surface area (Å²) in [6, 6.07) is 17.4. The molecule has 1 aromatic heterocycles. The second-order valence-electron chi connectivity index (χ2n) is 7.20. The van der Waals surface area contributed by atoms with Gasteiger partial charge in [-0.05, 0) is 0 Å². The Morgan fingerprint density at radius 2 is 1.83 bits per heavy atom. The zero-order valence-corrected chi connectivity index (χ0v) is 18.6. The van der Waals surface area contributed by atoms with Crippen molar-refractivity contribution < 1.29 is 9.59 Å². The number of nitrogens with zero attached hydrogens (tertiary/aromatic N) is 3. The van der Waals surface area contributed by atoms with Gasteiger partial charge in [-0.25, -0.2) is 0 Å². The van der Waals surface area contributed by atoms with Crippen molar-refractivity contribution in [2.75, 3.05) is 5.32 Å². The summed E-state index contributed by atoms with van der Waals surface area (Å²) in [4.78, 5) is 34.9. The molecule has 1 aliphatic heterocycles. The van der Waals surface area contributed by atoms with E-state index in [4.69, 9.17) is 0 Å². The number of aryl methyl sites for hydroxylation is 1. The molecule has 0 bridgehead atoms. The fourth-order valence-electron chi connectivity index (χ4n) is 3.39. The number of amides is 2. The van der Waals surface area contributed by atoms with E-state index in [-0.39, 0.29) is 10.6 Å². The third-order valence-corrected chi connectivity index (χ3v) is 7.58. The van der Waals surface area contributed by atoms with Crippen molar-refractivity contribution in [2.24, 2.45) is 0 Å². The average Bonchev–Trinajstić information content (AvgIpc) is 3.22. The first kappa shape index (κ1) is 20.3. The third-order valence-electron chi connectivity index (χ3n) is 5.04. The molecule has 3 aromatic rings. The van der Waals surface area contributed by atoms with E-state index in [2.05, 4.69) is 27.4 Å².